The molecule has 1 N–H and O–H groups in total. The molecule has 2 rings (SSSR count). The molecule has 0 spiro atoms. The molecule has 3 unspecified atom stereocenters. The van der Waals surface area contributed by atoms with Gasteiger partial charge in [0.25, 0.3) is 0 Å². The molecular formula is C16H22Cl2N2O. The number of nitrogens with one attached hydrogen (secondary N) is 1. The Kier molecular flexibility index (Phi) is 5.53. The minimum Gasteiger partial charge on any atom is -0.323 e. The number of carbonyl (C=O) groups excluding carboxylic acids is 1. The summed E-state index contributed by atoms with van der Waals surface area (Å²) in [5.41, 5.74) is 0.569. The van der Waals surface area contributed by atoms with Gasteiger partial charge < -0.3 is 5.32 Å². The fourth-order valence-electron chi connectivity index (χ4n) is 3.03. The van der Waals surface area contributed by atoms with Gasteiger partial charge in [0, 0.05) is 13.1 Å². The predicted octanol–water partition coefficient (Wildman–Crippen LogP) is 4.30. The second-order valence-electron chi connectivity index (χ2n) is 6.17. The van der Waals surface area contributed by atoms with E-state index in [0.717, 1.165) is 13.1 Å². The number of carbonyl (C=O) groups is 1. The summed E-state index contributed by atoms with van der Waals surface area (Å²) < 4.78 is 0. The molecule has 3 nitrogen and oxygen atoms in total. The zero-order valence-corrected chi connectivity index (χ0v) is 14.2. The highest BCUT2D eigenvalue weighted by Gasteiger charge is 2.29. The van der Waals surface area contributed by atoms with Gasteiger partial charge in [0.2, 0.25) is 5.91 Å². The van der Waals surface area contributed by atoms with Gasteiger partial charge in [-0.05, 0) is 37.3 Å². The van der Waals surface area contributed by atoms with Crippen LogP contribution in [-0.2, 0) is 4.79 Å². The maximum absolute atomic E-state index is 12.4. The van der Waals surface area contributed by atoms with Crippen molar-refractivity contribution in [1.29, 1.82) is 0 Å². The summed E-state index contributed by atoms with van der Waals surface area (Å²) >= 11 is 12.1. The minimum absolute atomic E-state index is 0.0412. The van der Waals surface area contributed by atoms with Crippen LogP contribution in [0.5, 0.6) is 0 Å². The highest BCUT2D eigenvalue weighted by atomic mass is 35.5. The second-order valence-corrected chi connectivity index (χ2v) is 6.95. The Morgan fingerprint density at radius 3 is 2.52 bits per heavy atom. The van der Waals surface area contributed by atoms with E-state index in [0.29, 0.717) is 27.6 Å². The fraction of sp³-hybridized carbons (Fsp3) is 0.562. The highest BCUT2D eigenvalue weighted by molar-refractivity contribution is 6.44. The molecule has 0 aliphatic carbocycles. The van der Waals surface area contributed by atoms with E-state index >= 15 is 0 Å². The first-order valence-corrected chi connectivity index (χ1v) is 8.13. The summed E-state index contributed by atoms with van der Waals surface area (Å²) in [6.45, 7) is 8.34. The molecule has 0 radical (unpaired) electrons. The minimum atomic E-state index is -0.176. The standard InChI is InChI=1S/C16H22Cl2N2O/c1-10-7-11(2)9-20(8-10)12(3)16(21)19-14-6-4-5-13(17)15(14)18/h4-6,10-12H,7-9H2,1-3H3,(H,19,21). The largest absolute Gasteiger partial charge is 0.323 e. The number of halogens is 2. The molecule has 1 aromatic carbocycles. The number of benzene rings is 1. The first kappa shape index (κ1) is 16.6. The van der Waals surface area contributed by atoms with Gasteiger partial charge in [-0.2, -0.15) is 0 Å². The topological polar surface area (TPSA) is 32.3 Å². The molecule has 0 saturated carbocycles. The fourth-order valence-corrected chi connectivity index (χ4v) is 3.38. The van der Waals surface area contributed by atoms with Crippen LogP contribution in [0.3, 0.4) is 0 Å². The third-order valence-electron chi connectivity index (χ3n) is 4.03. The monoisotopic (exact) mass is 328 g/mol. The lowest BCUT2D eigenvalue weighted by Crippen LogP contribution is -2.48. The Morgan fingerprint density at radius 1 is 1.29 bits per heavy atom. The van der Waals surface area contributed by atoms with Crippen LogP contribution in [0.1, 0.15) is 27.2 Å². The Labute approximate surface area is 136 Å². The maximum Gasteiger partial charge on any atom is 0.241 e. The SMILES string of the molecule is CC1CC(C)CN(C(C)C(=O)Nc2cccc(Cl)c2Cl)C1. The van der Waals surface area contributed by atoms with Crippen molar-refractivity contribution in [3.8, 4) is 0 Å². The molecular weight excluding hydrogens is 307 g/mol. The molecule has 5 heteroatoms. The number of amides is 1. The first-order valence-electron chi connectivity index (χ1n) is 7.37. The normalized spacial score (nSPS) is 24.6. The molecule has 21 heavy (non-hydrogen) atoms. The van der Waals surface area contributed by atoms with Crippen molar-refractivity contribution in [3.63, 3.8) is 0 Å². The molecule has 1 saturated heterocycles. The van der Waals surface area contributed by atoms with Gasteiger partial charge in [-0.1, -0.05) is 43.1 Å². The molecule has 1 fully saturated rings. The van der Waals surface area contributed by atoms with Gasteiger partial charge in [-0.25, -0.2) is 0 Å². The van der Waals surface area contributed by atoms with Crippen LogP contribution in [0.15, 0.2) is 18.2 Å². The predicted molar refractivity (Wildman–Crippen MR) is 89.1 cm³/mol. The van der Waals surface area contributed by atoms with Gasteiger partial charge in [-0.15, -0.1) is 0 Å². The number of nitrogens with zero attached hydrogens (tertiary/aromatic N) is 1. The third-order valence-corrected chi connectivity index (χ3v) is 4.85. The van der Waals surface area contributed by atoms with Gasteiger partial charge in [0.15, 0.2) is 0 Å². The van der Waals surface area contributed by atoms with Crippen molar-refractivity contribution in [2.75, 3.05) is 18.4 Å². The lowest BCUT2D eigenvalue weighted by Gasteiger charge is -2.38. The van der Waals surface area contributed by atoms with Crippen molar-refractivity contribution in [2.24, 2.45) is 11.8 Å². The number of hydrogen-bond donors (Lipinski definition) is 1. The van der Waals surface area contributed by atoms with Crippen molar-refractivity contribution in [2.45, 2.75) is 33.2 Å². The van der Waals surface area contributed by atoms with Crippen LogP contribution in [0.4, 0.5) is 5.69 Å². The number of hydrogen-bond acceptors (Lipinski definition) is 2. The third kappa shape index (κ3) is 4.12. The van der Waals surface area contributed by atoms with Crippen LogP contribution in [0.2, 0.25) is 10.0 Å². The lowest BCUT2D eigenvalue weighted by molar-refractivity contribution is -0.121. The molecule has 1 aliphatic heterocycles. The molecule has 116 valence electrons. The summed E-state index contributed by atoms with van der Waals surface area (Å²) in [6.07, 6.45) is 1.23. The lowest BCUT2D eigenvalue weighted by atomic mass is 9.91. The van der Waals surface area contributed by atoms with Crippen LogP contribution in [-0.4, -0.2) is 29.9 Å². The molecule has 0 aromatic heterocycles. The van der Waals surface area contributed by atoms with E-state index in [9.17, 15) is 4.79 Å². The first-order chi connectivity index (χ1) is 9.88. The summed E-state index contributed by atoms with van der Waals surface area (Å²) in [6, 6.07) is 5.07. The van der Waals surface area contributed by atoms with Crippen molar-refractivity contribution in [3.05, 3.63) is 28.2 Å². The van der Waals surface area contributed by atoms with Gasteiger partial charge >= 0.3 is 0 Å². The number of piperidine rings is 1. The smallest absolute Gasteiger partial charge is 0.241 e. The van der Waals surface area contributed by atoms with Gasteiger partial charge in [0.05, 0.1) is 21.8 Å². The van der Waals surface area contributed by atoms with Crippen molar-refractivity contribution in [1.82, 2.24) is 4.90 Å². The van der Waals surface area contributed by atoms with Crippen LogP contribution < -0.4 is 5.32 Å². The van der Waals surface area contributed by atoms with Crippen LogP contribution in [0.25, 0.3) is 0 Å². The zero-order chi connectivity index (χ0) is 15.6. The molecule has 1 aliphatic rings. The second kappa shape index (κ2) is 6.99. The summed E-state index contributed by atoms with van der Waals surface area (Å²) in [4.78, 5) is 14.7. The van der Waals surface area contributed by atoms with Crippen molar-refractivity contribution < 1.29 is 4.79 Å². The summed E-state index contributed by atoms with van der Waals surface area (Å²) in [5.74, 6) is 1.21. The van der Waals surface area contributed by atoms with E-state index in [1.165, 1.54) is 6.42 Å². The van der Waals surface area contributed by atoms with Crippen molar-refractivity contribution >= 4 is 34.8 Å². The molecule has 1 aromatic rings. The van der Waals surface area contributed by atoms with E-state index in [4.69, 9.17) is 23.2 Å². The van der Waals surface area contributed by atoms with Gasteiger partial charge in [-0.3, -0.25) is 9.69 Å². The summed E-state index contributed by atoms with van der Waals surface area (Å²) in [7, 11) is 0. The van der Waals surface area contributed by atoms with E-state index in [-0.39, 0.29) is 11.9 Å². The van der Waals surface area contributed by atoms with E-state index in [2.05, 4.69) is 24.1 Å². The maximum atomic E-state index is 12.4. The number of likely N-dealkylation sites (tertiary alicyclic amines) is 1. The molecule has 3 atom stereocenters. The highest BCUT2D eigenvalue weighted by Crippen LogP contribution is 2.30. The molecule has 0 bridgehead atoms. The van der Waals surface area contributed by atoms with E-state index in [1.54, 1.807) is 18.2 Å². The Hall–Kier alpha value is -0.770. The molecule has 1 heterocycles. The van der Waals surface area contributed by atoms with Crippen LogP contribution >= 0.6 is 23.2 Å². The van der Waals surface area contributed by atoms with Gasteiger partial charge in [0.1, 0.15) is 0 Å². The number of anilines is 1. The Bertz CT molecular complexity index is 511. The average Bonchev–Trinajstić information content (AvgIpc) is 2.42. The van der Waals surface area contributed by atoms with Crippen LogP contribution in [0, 0.1) is 11.8 Å². The Balaban J connectivity index is 2.04. The average molecular weight is 329 g/mol. The molecule has 1 amide bonds. The number of rotatable bonds is 3. The van der Waals surface area contributed by atoms with E-state index in [1.807, 2.05) is 6.92 Å². The van der Waals surface area contributed by atoms with E-state index < -0.39 is 0 Å². The Morgan fingerprint density at radius 2 is 1.90 bits per heavy atom. The summed E-state index contributed by atoms with van der Waals surface area (Å²) in [5, 5.41) is 3.72. The zero-order valence-electron chi connectivity index (χ0n) is 12.7. The quantitative estimate of drug-likeness (QED) is 0.897.